The Bertz CT molecular complexity index is 949. The minimum atomic E-state index is -0.149. The first-order valence-electron chi connectivity index (χ1n) is 13.0. The third-order valence-electron chi connectivity index (χ3n) is 8.52. The Balaban J connectivity index is 1.37. The average Bonchev–Trinajstić information content (AvgIpc) is 2.83. The number of fused-ring (bicyclic) bond motifs is 3. The van der Waals surface area contributed by atoms with E-state index in [0.29, 0.717) is 25.5 Å². The van der Waals surface area contributed by atoms with Crippen LogP contribution in [-0.4, -0.2) is 59.0 Å². The first-order valence-corrected chi connectivity index (χ1v) is 13.0. The van der Waals surface area contributed by atoms with Gasteiger partial charge in [-0.2, -0.15) is 0 Å². The molecule has 3 fully saturated rings. The lowest BCUT2D eigenvalue weighted by atomic mass is 9.61. The summed E-state index contributed by atoms with van der Waals surface area (Å²) in [7, 11) is 2.25. The fourth-order valence-electron chi connectivity index (χ4n) is 6.14. The zero-order chi connectivity index (χ0) is 25.1. The number of benzene rings is 2. The summed E-state index contributed by atoms with van der Waals surface area (Å²) in [6, 6.07) is 19.3. The van der Waals surface area contributed by atoms with E-state index in [1.54, 1.807) is 0 Å². The molecule has 5 heteroatoms. The van der Waals surface area contributed by atoms with Crippen molar-refractivity contribution in [1.82, 2.24) is 9.80 Å². The summed E-state index contributed by atoms with van der Waals surface area (Å²) in [4.78, 5) is 30.3. The molecule has 3 unspecified atom stereocenters. The second-order valence-electron chi connectivity index (χ2n) is 11.1. The van der Waals surface area contributed by atoms with Crippen LogP contribution in [0.5, 0.6) is 0 Å². The molecule has 35 heavy (non-hydrogen) atoms. The highest BCUT2D eigenvalue weighted by molar-refractivity contribution is 5.97. The Morgan fingerprint density at radius 1 is 0.943 bits per heavy atom. The average molecular weight is 477 g/mol. The van der Waals surface area contributed by atoms with Gasteiger partial charge in [-0.3, -0.25) is 19.4 Å². The molecular weight excluding hydrogens is 436 g/mol. The summed E-state index contributed by atoms with van der Waals surface area (Å²) in [6.07, 6.45) is 4.78. The fraction of sp³-hybridized carbons (Fsp3) is 0.533. The van der Waals surface area contributed by atoms with Crippen LogP contribution in [0.15, 0.2) is 60.7 Å². The van der Waals surface area contributed by atoms with E-state index in [0.717, 1.165) is 17.5 Å². The standard InChI is InChI=1S/C30H40N2O3/c1-29(2)25-16-17-30(3,31(29)4)22-26(25)35-19-11-18-32(27(33)20-23-12-7-5-8-13-23)28(34)21-24-14-9-6-10-15-24/h5-10,12-15,25-26H,11,16-22H2,1-4H3. The summed E-state index contributed by atoms with van der Waals surface area (Å²) in [5, 5.41) is 0. The van der Waals surface area contributed by atoms with Crippen LogP contribution in [0.1, 0.15) is 57.6 Å². The van der Waals surface area contributed by atoms with Crippen LogP contribution >= 0.6 is 0 Å². The Morgan fingerprint density at radius 3 is 2.00 bits per heavy atom. The second kappa shape index (κ2) is 10.6. The van der Waals surface area contributed by atoms with E-state index in [4.69, 9.17) is 4.74 Å². The van der Waals surface area contributed by atoms with Crippen LogP contribution in [0.2, 0.25) is 0 Å². The fourth-order valence-corrected chi connectivity index (χ4v) is 6.14. The van der Waals surface area contributed by atoms with E-state index in [1.807, 2.05) is 60.7 Å². The molecule has 2 aromatic carbocycles. The quantitative estimate of drug-likeness (QED) is 0.484. The number of carbonyl (C=O) groups is 2. The van der Waals surface area contributed by atoms with E-state index in [9.17, 15) is 9.59 Å². The normalized spacial score (nSPS) is 25.4. The van der Waals surface area contributed by atoms with E-state index in [2.05, 4.69) is 32.7 Å². The van der Waals surface area contributed by atoms with Gasteiger partial charge >= 0.3 is 0 Å². The second-order valence-corrected chi connectivity index (χ2v) is 11.1. The maximum absolute atomic E-state index is 13.2. The lowest BCUT2D eigenvalue weighted by Gasteiger charge is -2.63. The van der Waals surface area contributed by atoms with Gasteiger partial charge in [0.05, 0.1) is 18.9 Å². The van der Waals surface area contributed by atoms with Crippen LogP contribution < -0.4 is 0 Å². The maximum Gasteiger partial charge on any atom is 0.233 e. The molecule has 0 N–H and O–H groups in total. The molecule has 0 radical (unpaired) electrons. The largest absolute Gasteiger partial charge is 0.378 e. The van der Waals surface area contributed by atoms with Crippen molar-refractivity contribution in [2.24, 2.45) is 5.92 Å². The summed E-state index contributed by atoms with van der Waals surface area (Å²) in [5.41, 5.74) is 2.12. The van der Waals surface area contributed by atoms with Gasteiger partial charge in [0, 0.05) is 30.1 Å². The molecular formula is C30H40N2O3. The number of imide groups is 1. The third-order valence-corrected chi connectivity index (χ3v) is 8.52. The highest BCUT2D eigenvalue weighted by atomic mass is 16.5. The number of piperidine rings is 2. The Kier molecular flexibility index (Phi) is 7.77. The van der Waals surface area contributed by atoms with Gasteiger partial charge in [0.2, 0.25) is 11.8 Å². The van der Waals surface area contributed by atoms with Crippen molar-refractivity contribution < 1.29 is 14.3 Å². The molecule has 0 spiro atoms. The molecule has 2 bridgehead atoms. The SMILES string of the molecule is CN1C2(C)CCC(C(OCCCN(C(=O)Cc3ccccc3)C(=O)Cc3ccccc3)C2)C1(C)C. The molecule has 2 aliphatic heterocycles. The van der Waals surface area contributed by atoms with Gasteiger partial charge in [0.25, 0.3) is 0 Å². The number of ether oxygens (including phenoxy) is 1. The lowest BCUT2D eigenvalue weighted by Crippen LogP contribution is -2.70. The molecule has 3 atom stereocenters. The summed E-state index contributed by atoms with van der Waals surface area (Å²) in [6.45, 7) is 7.96. The van der Waals surface area contributed by atoms with Crippen molar-refractivity contribution in [2.45, 2.75) is 76.5 Å². The molecule has 2 heterocycles. The molecule has 2 saturated heterocycles. The number of hydrogen-bond acceptors (Lipinski definition) is 4. The number of carbonyl (C=O) groups excluding carboxylic acids is 2. The molecule has 5 rings (SSSR count). The molecule has 0 aromatic heterocycles. The van der Waals surface area contributed by atoms with E-state index in [-0.39, 0.29) is 41.8 Å². The lowest BCUT2D eigenvalue weighted by molar-refractivity contribution is -0.178. The number of nitrogens with zero attached hydrogens (tertiary/aromatic N) is 2. The van der Waals surface area contributed by atoms with Crippen molar-refractivity contribution in [3.8, 4) is 0 Å². The van der Waals surface area contributed by atoms with E-state index in [1.165, 1.54) is 17.7 Å². The van der Waals surface area contributed by atoms with Crippen molar-refractivity contribution >= 4 is 11.8 Å². The van der Waals surface area contributed by atoms with Crippen LogP contribution in [0, 0.1) is 5.92 Å². The molecule has 2 aromatic rings. The van der Waals surface area contributed by atoms with Crippen molar-refractivity contribution in [3.63, 3.8) is 0 Å². The zero-order valence-electron chi connectivity index (χ0n) is 21.7. The highest BCUT2D eigenvalue weighted by Gasteiger charge is 2.56. The molecule has 5 nitrogen and oxygen atoms in total. The topological polar surface area (TPSA) is 49.9 Å². The van der Waals surface area contributed by atoms with Gasteiger partial charge in [-0.15, -0.1) is 0 Å². The number of hydrogen-bond donors (Lipinski definition) is 0. The van der Waals surface area contributed by atoms with Gasteiger partial charge in [0.15, 0.2) is 0 Å². The first kappa shape index (κ1) is 25.6. The van der Waals surface area contributed by atoms with Crippen LogP contribution in [0.25, 0.3) is 0 Å². The summed E-state index contributed by atoms with van der Waals surface area (Å²) in [5.74, 6) is 0.207. The van der Waals surface area contributed by atoms with Crippen molar-refractivity contribution in [2.75, 3.05) is 20.2 Å². The molecule has 1 aliphatic carbocycles. The Morgan fingerprint density at radius 2 is 1.49 bits per heavy atom. The minimum Gasteiger partial charge on any atom is -0.378 e. The molecule has 188 valence electrons. The van der Waals surface area contributed by atoms with Crippen LogP contribution in [-0.2, 0) is 27.2 Å². The maximum atomic E-state index is 13.2. The van der Waals surface area contributed by atoms with Gasteiger partial charge in [-0.25, -0.2) is 0 Å². The van der Waals surface area contributed by atoms with Crippen molar-refractivity contribution in [1.29, 1.82) is 0 Å². The highest BCUT2D eigenvalue weighted by Crippen LogP contribution is 2.51. The van der Waals surface area contributed by atoms with Gasteiger partial charge in [-0.05, 0) is 64.6 Å². The predicted octanol–water partition coefficient (Wildman–Crippen LogP) is 4.89. The zero-order valence-corrected chi connectivity index (χ0v) is 21.7. The van der Waals surface area contributed by atoms with E-state index < -0.39 is 0 Å². The van der Waals surface area contributed by atoms with Gasteiger partial charge in [0.1, 0.15) is 0 Å². The predicted molar refractivity (Wildman–Crippen MR) is 139 cm³/mol. The van der Waals surface area contributed by atoms with Crippen LogP contribution in [0.3, 0.4) is 0 Å². The molecule has 2 amide bonds. The van der Waals surface area contributed by atoms with Gasteiger partial charge in [-0.1, -0.05) is 60.7 Å². The number of amides is 2. The minimum absolute atomic E-state index is 0.110. The summed E-state index contributed by atoms with van der Waals surface area (Å²) >= 11 is 0. The molecule has 1 saturated carbocycles. The Hall–Kier alpha value is -2.50. The van der Waals surface area contributed by atoms with Gasteiger partial charge < -0.3 is 4.74 Å². The number of rotatable bonds is 9. The van der Waals surface area contributed by atoms with E-state index >= 15 is 0 Å². The first-order chi connectivity index (χ1) is 16.7. The Labute approximate surface area is 210 Å². The monoisotopic (exact) mass is 476 g/mol. The third kappa shape index (κ3) is 5.68. The van der Waals surface area contributed by atoms with Crippen molar-refractivity contribution in [3.05, 3.63) is 71.8 Å². The smallest absolute Gasteiger partial charge is 0.233 e. The van der Waals surface area contributed by atoms with Crippen LogP contribution in [0.4, 0.5) is 0 Å². The molecule has 3 aliphatic rings. The summed E-state index contributed by atoms with van der Waals surface area (Å²) < 4.78 is 6.44.